The Morgan fingerprint density at radius 2 is 1.81 bits per heavy atom. The lowest BCUT2D eigenvalue weighted by Crippen LogP contribution is -2.25. The van der Waals surface area contributed by atoms with E-state index in [2.05, 4.69) is 34.3 Å². The highest BCUT2D eigenvalue weighted by Gasteiger charge is 2.13. The number of hydrogen-bond donors (Lipinski definition) is 1. The van der Waals surface area contributed by atoms with E-state index in [0.29, 0.717) is 0 Å². The second-order valence-electron chi connectivity index (χ2n) is 6.48. The fourth-order valence-electron chi connectivity index (χ4n) is 3.42. The Hall–Kier alpha value is -2.11. The summed E-state index contributed by atoms with van der Waals surface area (Å²) in [7, 11) is 1.71. The Labute approximate surface area is 158 Å². The van der Waals surface area contributed by atoms with Crippen LogP contribution in [0.25, 0.3) is 10.9 Å². The Balaban J connectivity index is 1.51. The first-order valence-electron chi connectivity index (χ1n) is 9.11. The molecule has 136 valence electrons. The lowest BCUT2D eigenvalue weighted by atomic mass is 10.2. The number of aromatic amines is 1. The van der Waals surface area contributed by atoms with Crippen molar-refractivity contribution < 1.29 is 9.47 Å². The average Bonchev–Trinajstić information content (AvgIpc) is 3.33. The number of rotatable bonds is 7. The van der Waals surface area contributed by atoms with Gasteiger partial charge in [-0.3, -0.25) is 4.90 Å². The molecular formula is C21H24N2O2S. The molecule has 0 spiro atoms. The maximum Gasteiger partial charge on any atom is 0.143 e. The lowest BCUT2D eigenvalue weighted by Gasteiger charge is -2.15. The van der Waals surface area contributed by atoms with Crippen LogP contribution in [0.3, 0.4) is 0 Å². The number of ether oxygens (including phenoxy) is 2. The normalized spacial score (nSPS) is 14.8. The minimum atomic E-state index is 0.729. The zero-order valence-electron chi connectivity index (χ0n) is 15.0. The van der Waals surface area contributed by atoms with Crippen molar-refractivity contribution in [1.29, 1.82) is 0 Å². The third-order valence-electron chi connectivity index (χ3n) is 4.79. The molecule has 5 heteroatoms. The van der Waals surface area contributed by atoms with Gasteiger partial charge in [0.05, 0.1) is 17.5 Å². The molecule has 1 N–H and O–H groups in total. The fraction of sp³-hybridized carbons (Fsp3) is 0.333. The minimum absolute atomic E-state index is 0.729. The van der Waals surface area contributed by atoms with E-state index in [9.17, 15) is 0 Å². The number of nitrogens with one attached hydrogen (secondary N) is 1. The molecular weight excluding hydrogens is 344 g/mol. The zero-order valence-corrected chi connectivity index (χ0v) is 15.8. The molecule has 1 aliphatic rings. The molecule has 0 atom stereocenters. The van der Waals surface area contributed by atoms with Gasteiger partial charge in [0.2, 0.25) is 0 Å². The van der Waals surface area contributed by atoms with Gasteiger partial charge in [-0.1, -0.05) is 36.0 Å². The maximum absolute atomic E-state index is 6.08. The number of nitrogens with zero attached hydrogens (tertiary/aromatic N) is 1. The third kappa shape index (κ3) is 3.69. The van der Waals surface area contributed by atoms with Crippen molar-refractivity contribution >= 4 is 22.7 Å². The van der Waals surface area contributed by atoms with Crippen molar-refractivity contribution in [3.63, 3.8) is 0 Å². The van der Waals surface area contributed by atoms with Crippen molar-refractivity contribution in [2.75, 3.05) is 33.4 Å². The van der Waals surface area contributed by atoms with Crippen LogP contribution in [0.4, 0.5) is 0 Å². The van der Waals surface area contributed by atoms with Gasteiger partial charge >= 0.3 is 0 Å². The summed E-state index contributed by atoms with van der Waals surface area (Å²) < 4.78 is 11.6. The highest BCUT2D eigenvalue weighted by atomic mass is 32.2. The average molecular weight is 369 g/mol. The van der Waals surface area contributed by atoms with Crippen molar-refractivity contribution in [3.05, 3.63) is 48.7 Å². The highest BCUT2D eigenvalue weighted by Crippen LogP contribution is 2.40. The van der Waals surface area contributed by atoms with E-state index in [0.717, 1.165) is 35.1 Å². The summed E-state index contributed by atoms with van der Waals surface area (Å²) in [6.45, 7) is 4.14. The van der Waals surface area contributed by atoms with E-state index in [-0.39, 0.29) is 0 Å². The standard InChI is InChI=1S/C21H24N2O2S/c1-24-17-8-2-3-10-19(17)26-20-15-22-21-16(20)7-6-9-18(21)25-14-13-23-11-4-5-12-23/h2-3,6-10,15,22H,4-5,11-14H2,1H3. The van der Waals surface area contributed by atoms with Crippen LogP contribution in [0.1, 0.15) is 12.8 Å². The highest BCUT2D eigenvalue weighted by molar-refractivity contribution is 7.99. The summed E-state index contributed by atoms with van der Waals surface area (Å²) in [5.74, 6) is 1.82. The molecule has 0 aliphatic carbocycles. The number of benzene rings is 2. The van der Waals surface area contributed by atoms with E-state index in [1.807, 2.05) is 24.3 Å². The molecule has 1 fully saturated rings. The first kappa shape index (κ1) is 17.3. The van der Waals surface area contributed by atoms with Crippen LogP contribution in [0.2, 0.25) is 0 Å². The summed E-state index contributed by atoms with van der Waals surface area (Å²) in [6, 6.07) is 14.3. The molecule has 0 unspecified atom stereocenters. The van der Waals surface area contributed by atoms with Gasteiger partial charge in [-0.05, 0) is 44.1 Å². The number of aromatic nitrogens is 1. The Morgan fingerprint density at radius 3 is 2.65 bits per heavy atom. The van der Waals surface area contributed by atoms with Crippen LogP contribution in [0.5, 0.6) is 11.5 Å². The van der Waals surface area contributed by atoms with Crippen molar-refractivity contribution in [1.82, 2.24) is 9.88 Å². The number of fused-ring (bicyclic) bond motifs is 1. The predicted molar refractivity (Wildman–Crippen MR) is 107 cm³/mol. The van der Waals surface area contributed by atoms with Gasteiger partial charge < -0.3 is 14.5 Å². The topological polar surface area (TPSA) is 37.5 Å². The number of hydrogen-bond acceptors (Lipinski definition) is 4. The zero-order chi connectivity index (χ0) is 17.8. The summed E-state index contributed by atoms with van der Waals surface area (Å²) in [6.07, 6.45) is 4.68. The van der Waals surface area contributed by atoms with Gasteiger partial charge in [0.1, 0.15) is 18.1 Å². The molecule has 26 heavy (non-hydrogen) atoms. The Bertz CT molecular complexity index is 871. The first-order valence-corrected chi connectivity index (χ1v) is 9.93. The van der Waals surface area contributed by atoms with Crippen LogP contribution in [0, 0.1) is 0 Å². The molecule has 2 aromatic carbocycles. The number of methoxy groups -OCH3 is 1. The van der Waals surface area contributed by atoms with Gasteiger partial charge in [0.15, 0.2) is 0 Å². The molecule has 4 nitrogen and oxygen atoms in total. The van der Waals surface area contributed by atoms with E-state index in [4.69, 9.17) is 9.47 Å². The van der Waals surface area contributed by atoms with E-state index in [1.165, 1.54) is 36.2 Å². The van der Waals surface area contributed by atoms with Crippen LogP contribution in [-0.4, -0.2) is 43.2 Å². The second kappa shape index (κ2) is 8.06. The first-order chi connectivity index (χ1) is 12.8. The van der Waals surface area contributed by atoms with Crippen molar-refractivity contribution in [2.45, 2.75) is 22.6 Å². The van der Waals surface area contributed by atoms with Gasteiger partial charge in [0.25, 0.3) is 0 Å². The number of H-pyrrole nitrogens is 1. The summed E-state index contributed by atoms with van der Waals surface area (Å²) in [4.78, 5) is 8.15. The summed E-state index contributed by atoms with van der Waals surface area (Å²) >= 11 is 1.71. The van der Waals surface area contributed by atoms with E-state index < -0.39 is 0 Å². The van der Waals surface area contributed by atoms with Crippen LogP contribution in [0.15, 0.2) is 58.5 Å². The van der Waals surface area contributed by atoms with E-state index >= 15 is 0 Å². The third-order valence-corrected chi connectivity index (χ3v) is 5.91. The van der Waals surface area contributed by atoms with Gasteiger partial charge in [-0.25, -0.2) is 0 Å². The van der Waals surface area contributed by atoms with E-state index in [1.54, 1.807) is 18.9 Å². The molecule has 0 bridgehead atoms. The Kier molecular flexibility index (Phi) is 5.37. The van der Waals surface area contributed by atoms with Gasteiger partial charge in [-0.2, -0.15) is 0 Å². The fourth-order valence-corrected chi connectivity index (χ4v) is 4.45. The second-order valence-corrected chi connectivity index (χ2v) is 7.57. The smallest absolute Gasteiger partial charge is 0.143 e. The molecule has 0 radical (unpaired) electrons. The molecule has 1 saturated heterocycles. The SMILES string of the molecule is COc1ccccc1Sc1c[nH]c2c(OCCN3CCCC3)cccc12. The quantitative estimate of drug-likeness (QED) is 0.650. The maximum atomic E-state index is 6.08. The Morgan fingerprint density at radius 1 is 1.00 bits per heavy atom. The summed E-state index contributed by atoms with van der Waals surface area (Å²) in [5.41, 5.74) is 1.06. The molecule has 1 aromatic heterocycles. The summed E-state index contributed by atoms with van der Waals surface area (Å²) in [5, 5.41) is 1.18. The van der Waals surface area contributed by atoms with Crippen LogP contribution >= 0.6 is 11.8 Å². The van der Waals surface area contributed by atoms with Crippen molar-refractivity contribution in [3.8, 4) is 11.5 Å². The van der Waals surface area contributed by atoms with Crippen LogP contribution < -0.4 is 9.47 Å². The van der Waals surface area contributed by atoms with Gasteiger partial charge in [0, 0.05) is 23.0 Å². The largest absolute Gasteiger partial charge is 0.496 e. The molecule has 4 rings (SSSR count). The monoisotopic (exact) mass is 368 g/mol. The molecule has 2 heterocycles. The van der Waals surface area contributed by atoms with Crippen LogP contribution in [-0.2, 0) is 0 Å². The van der Waals surface area contributed by atoms with Gasteiger partial charge in [-0.15, -0.1) is 0 Å². The molecule has 0 saturated carbocycles. The number of likely N-dealkylation sites (tertiary alicyclic amines) is 1. The minimum Gasteiger partial charge on any atom is -0.496 e. The lowest BCUT2D eigenvalue weighted by molar-refractivity contribution is 0.239. The molecule has 3 aromatic rings. The molecule has 0 amide bonds. The number of para-hydroxylation sites is 2. The predicted octanol–water partition coefficient (Wildman–Crippen LogP) is 4.80. The molecule has 1 aliphatic heterocycles. The van der Waals surface area contributed by atoms with Crippen molar-refractivity contribution in [2.24, 2.45) is 0 Å².